The molecule has 1 aliphatic heterocycles. The van der Waals surface area contributed by atoms with Gasteiger partial charge in [-0.15, -0.1) is 0 Å². The van der Waals surface area contributed by atoms with Crippen LogP contribution in [-0.4, -0.2) is 49.4 Å². The quantitative estimate of drug-likeness (QED) is 0.259. The van der Waals surface area contributed by atoms with Crippen LogP contribution in [0.1, 0.15) is 15.9 Å². The van der Waals surface area contributed by atoms with E-state index >= 15 is 0 Å². The summed E-state index contributed by atoms with van der Waals surface area (Å²) in [6, 6.07) is 8.86. The Bertz CT molecular complexity index is 1210. The smallest absolute Gasteiger partial charge is 0.254 e. The number of carbonyl (C=O) groups excluding carboxylic acids is 1. The van der Waals surface area contributed by atoms with E-state index in [0.29, 0.717) is 23.1 Å². The van der Waals surface area contributed by atoms with Gasteiger partial charge in [-0.05, 0) is 18.2 Å². The second-order valence-corrected chi connectivity index (χ2v) is 15.7. The van der Waals surface area contributed by atoms with Gasteiger partial charge in [0.25, 0.3) is 5.91 Å². The minimum Gasteiger partial charge on any atom is -0.368 e. The summed E-state index contributed by atoms with van der Waals surface area (Å²) in [6.07, 6.45) is 3.40. The topological polar surface area (TPSA) is 84.3 Å². The summed E-state index contributed by atoms with van der Waals surface area (Å²) < 4.78 is 7.93. The first kappa shape index (κ1) is 24.2. The van der Waals surface area contributed by atoms with Gasteiger partial charge in [0.1, 0.15) is 11.9 Å². The van der Waals surface area contributed by atoms with E-state index in [-0.39, 0.29) is 5.91 Å². The molecule has 10 heteroatoms. The molecule has 0 unspecified atom stereocenters. The molecule has 34 heavy (non-hydrogen) atoms. The number of ether oxygens (including phenoxy) is 1. The van der Waals surface area contributed by atoms with Gasteiger partial charge in [-0.25, -0.2) is 9.67 Å². The summed E-state index contributed by atoms with van der Waals surface area (Å²) in [5.41, 5.74) is 6.17. The maximum atomic E-state index is 12.4. The van der Waals surface area contributed by atoms with Crippen LogP contribution in [0.2, 0.25) is 30.8 Å². The van der Waals surface area contributed by atoms with Gasteiger partial charge in [-0.1, -0.05) is 43.4 Å². The summed E-state index contributed by atoms with van der Waals surface area (Å²) in [5, 5.41) is 11.0. The second-order valence-electron chi connectivity index (χ2n) is 9.68. The van der Waals surface area contributed by atoms with Crippen molar-refractivity contribution in [2.45, 2.75) is 39.0 Å². The number of amides is 1. The Kier molecular flexibility index (Phi) is 6.97. The van der Waals surface area contributed by atoms with Crippen molar-refractivity contribution < 1.29 is 9.53 Å². The molecule has 2 N–H and O–H groups in total. The number of benzene rings is 1. The number of pyridine rings is 1. The molecular weight excluding hydrogens is 468 g/mol. The van der Waals surface area contributed by atoms with Gasteiger partial charge in [-0.3, -0.25) is 4.79 Å². The fourth-order valence-electron chi connectivity index (χ4n) is 4.05. The third-order valence-corrected chi connectivity index (χ3v) is 7.73. The predicted octanol–water partition coefficient (Wildman–Crippen LogP) is 4.96. The Morgan fingerprint density at radius 1 is 1.24 bits per heavy atom. The molecule has 3 aromatic rings. The highest BCUT2D eigenvalue weighted by atomic mass is 35.5. The van der Waals surface area contributed by atoms with E-state index in [9.17, 15) is 4.79 Å². The van der Waals surface area contributed by atoms with E-state index in [2.05, 4.69) is 51.3 Å². The maximum Gasteiger partial charge on any atom is 0.254 e. The molecule has 4 rings (SSSR count). The van der Waals surface area contributed by atoms with Crippen LogP contribution >= 0.6 is 11.6 Å². The highest BCUT2D eigenvalue weighted by molar-refractivity contribution is 6.76. The minimum absolute atomic E-state index is 0.236. The average molecular weight is 499 g/mol. The summed E-state index contributed by atoms with van der Waals surface area (Å²) in [5.74, 6) is -0.236. The number of nitrogens with one attached hydrogen (secondary N) is 2. The van der Waals surface area contributed by atoms with E-state index < -0.39 is 8.07 Å². The van der Waals surface area contributed by atoms with Crippen molar-refractivity contribution in [3.8, 4) is 11.3 Å². The number of hydrogen-bond acceptors (Lipinski definition) is 6. The Labute approximate surface area is 206 Å². The number of anilines is 3. The average Bonchev–Trinajstić information content (AvgIpc) is 3.18. The van der Waals surface area contributed by atoms with Crippen LogP contribution in [-0.2, 0) is 18.0 Å². The van der Waals surface area contributed by atoms with Crippen molar-refractivity contribution in [2.24, 2.45) is 0 Å². The molecule has 0 aliphatic carbocycles. The fraction of sp³-hybridized carbons (Fsp3) is 0.375. The normalized spacial score (nSPS) is 12.8. The maximum absolute atomic E-state index is 12.4. The highest BCUT2D eigenvalue weighted by Crippen LogP contribution is 2.44. The van der Waals surface area contributed by atoms with E-state index in [1.54, 1.807) is 13.1 Å². The molecule has 0 saturated carbocycles. The van der Waals surface area contributed by atoms with Crippen molar-refractivity contribution in [1.82, 2.24) is 20.1 Å². The molecule has 1 aliphatic rings. The number of para-hydroxylation sites is 1. The number of nitrogens with zero attached hydrogens (tertiary/aromatic N) is 4. The number of fused-ring (bicyclic) bond motifs is 3. The molecule has 180 valence electrons. The highest BCUT2D eigenvalue weighted by Gasteiger charge is 2.27. The lowest BCUT2D eigenvalue weighted by Gasteiger charge is -2.31. The SMILES string of the molecule is CNC(=O)c1cnc(Cl)cc1Nc1cccc2c1N(C)Cc1cnn(COCC[Si](C)(C)C)c1-2. The van der Waals surface area contributed by atoms with Crippen LogP contribution in [0.25, 0.3) is 11.3 Å². The molecule has 0 radical (unpaired) electrons. The van der Waals surface area contributed by atoms with Crippen molar-refractivity contribution in [3.05, 3.63) is 52.9 Å². The van der Waals surface area contributed by atoms with Gasteiger partial charge in [0.2, 0.25) is 0 Å². The van der Waals surface area contributed by atoms with Gasteiger partial charge in [0, 0.05) is 52.6 Å². The van der Waals surface area contributed by atoms with Crippen LogP contribution in [0.15, 0.2) is 36.7 Å². The number of rotatable bonds is 8. The number of aromatic nitrogens is 3. The van der Waals surface area contributed by atoms with Crippen molar-refractivity contribution in [2.75, 3.05) is 30.9 Å². The molecular formula is C24H31ClN6O2Si. The zero-order valence-corrected chi connectivity index (χ0v) is 22.0. The predicted molar refractivity (Wildman–Crippen MR) is 140 cm³/mol. The molecule has 8 nitrogen and oxygen atoms in total. The fourth-order valence-corrected chi connectivity index (χ4v) is 4.97. The Hall–Kier alpha value is -2.88. The lowest BCUT2D eigenvalue weighted by atomic mass is 9.99. The minimum atomic E-state index is -1.15. The zero-order chi connectivity index (χ0) is 24.5. The molecule has 0 saturated heterocycles. The van der Waals surface area contributed by atoms with Crippen molar-refractivity contribution in [1.29, 1.82) is 0 Å². The molecule has 0 spiro atoms. The molecule has 3 heterocycles. The lowest BCUT2D eigenvalue weighted by Crippen LogP contribution is -2.24. The van der Waals surface area contributed by atoms with Crippen LogP contribution in [0.5, 0.6) is 0 Å². The van der Waals surface area contributed by atoms with E-state index in [0.717, 1.165) is 47.4 Å². The van der Waals surface area contributed by atoms with Crippen LogP contribution in [0.4, 0.5) is 17.1 Å². The summed E-state index contributed by atoms with van der Waals surface area (Å²) in [4.78, 5) is 18.6. The summed E-state index contributed by atoms with van der Waals surface area (Å²) >= 11 is 6.15. The monoisotopic (exact) mass is 498 g/mol. The van der Waals surface area contributed by atoms with Crippen molar-refractivity contribution >= 4 is 42.6 Å². The van der Waals surface area contributed by atoms with Gasteiger partial charge in [0.15, 0.2) is 0 Å². The molecule has 0 fully saturated rings. The third-order valence-electron chi connectivity index (χ3n) is 5.82. The standard InChI is InChI=1S/C24H31ClN6O2Si/c1-26-24(32)18-13-27-21(25)11-20(18)29-19-8-6-7-17-22-16(14-30(2)23(17)19)12-28-31(22)15-33-9-10-34(3,4)5/h6-8,11-13H,9-10,14-15H2,1-5H3,(H,26,32)(H,27,29). The van der Waals surface area contributed by atoms with Gasteiger partial charge in [0.05, 0.1) is 34.5 Å². The Morgan fingerprint density at radius 3 is 2.76 bits per heavy atom. The Balaban J connectivity index is 1.67. The molecule has 0 bridgehead atoms. The second kappa shape index (κ2) is 9.77. The van der Waals surface area contributed by atoms with E-state index in [4.69, 9.17) is 16.3 Å². The van der Waals surface area contributed by atoms with Crippen molar-refractivity contribution in [3.63, 3.8) is 0 Å². The molecule has 2 aromatic heterocycles. The van der Waals surface area contributed by atoms with Gasteiger partial charge in [-0.2, -0.15) is 5.10 Å². The molecule has 1 amide bonds. The zero-order valence-electron chi connectivity index (χ0n) is 20.3. The number of carbonyl (C=O) groups is 1. The van der Waals surface area contributed by atoms with Crippen LogP contribution in [0.3, 0.4) is 0 Å². The number of hydrogen-bond donors (Lipinski definition) is 2. The Morgan fingerprint density at radius 2 is 2.03 bits per heavy atom. The molecule has 1 aromatic carbocycles. The summed E-state index contributed by atoms with van der Waals surface area (Å²) in [6.45, 7) is 8.91. The van der Waals surface area contributed by atoms with Gasteiger partial charge >= 0.3 is 0 Å². The van der Waals surface area contributed by atoms with Crippen LogP contribution in [0, 0.1) is 0 Å². The van der Waals surface area contributed by atoms with E-state index in [1.165, 1.54) is 6.20 Å². The lowest BCUT2D eigenvalue weighted by molar-refractivity contribution is 0.0797. The van der Waals surface area contributed by atoms with E-state index in [1.807, 2.05) is 30.1 Å². The first-order chi connectivity index (χ1) is 16.2. The largest absolute Gasteiger partial charge is 0.368 e. The first-order valence-electron chi connectivity index (χ1n) is 11.3. The number of halogens is 1. The third kappa shape index (κ3) is 5.11. The summed E-state index contributed by atoms with van der Waals surface area (Å²) in [7, 11) is 2.49. The van der Waals surface area contributed by atoms with Crippen LogP contribution < -0.4 is 15.5 Å². The first-order valence-corrected chi connectivity index (χ1v) is 15.4. The molecule has 0 atom stereocenters. The van der Waals surface area contributed by atoms with Gasteiger partial charge < -0.3 is 20.3 Å².